The predicted octanol–water partition coefficient (Wildman–Crippen LogP) is 4.64. The zero-order chi connectivity index (χ0) is 13.9. The molecule has 0 aliphatic carbocycles. The lowest BCUT2D eigenvalue weighted by Gasteiger charge is -2.03. The van der Waals surface area contributed by atoms with Gasteiger partial charge >= 0.3 is 0 Å². The lowest BCUT2D eigenvalue weighted by Crippen LogP contribution is -1.89. The summed E-state index contributed by atoms with van der Waals surface area (Å²) in [6.45, 7) is 0. The molecule has 0 radical (unpaired) electrons. The Hall–Kier alpha value is -1.43. The van der Waals surface area contributed by atoms with E-state index in [0.717, 1.165) is 27.0 Å². The first-order chi connectivity index (χ1) is 9.78. The van der Waals surface area contributed by atoms with E-state index in [-0.39, 0.29) is 0 Å². The van der Waals surface area contributed by atoms with Crippen LogP contribution in [0.25, 0.3) is 21.8 Å². The van der Waals surface area contributed by atoms with Crippen molar-refractivity contribution in [1.29, 1.82) is 0 Å². The summed E-state index contributed by atoms with van der Waals surface area (Å²) in [6, 6.07) is 9.60. The van der Waals surface area contributed by atoms with E-state index in [4.69, 9.17) is 11.6 Å². The van der Waals surface area contributed by atoms with Crippen LogP contribution >= 0.6 is 34.7 Å². The number of aromatic nitrogens is 3. The van der Waals surface area contributed by atoms with Crippen LogP contribution in [0.4, 0.5) is 0 Å². The highest BCUT2D eigenvalue weighted by molar-refractivity contribution is 7.98. The van der Waals surface area contributed by atoms with E-state index in [1.807, 2.05) is 42.1 Å². The molecule has 0 bridgehead atoms. The Morgan fingerprint density at radius 3 is 2.90 bits per heavy atom. The monoisotopic (exact) mass is 319 g/mol. The second kappa shape index (κ2) is 5.91. The van der Waals surface area contributed by atoms with Gasteiger partial charge in [0.1, 0.15) is 0 Å². The quantitative estimate of drug-likeness (QED) is 0.520. The molecular weight excluding hydrogens is 310 g/mol. The highest BCUT2D eigenvalue weighted by atomic mass is 35.5. The lowest BCUT2D eigenvalue weighted by atomic mass is 10.1. The Morgan fingerprint density at radius 2 is 2.10 bits per heavy atom. The van der Waals surface area contributed by atoms with Crippen molar-refractivity contribution in [2.24, 2.45) is 0 Å². The van der Waals surface area contributed by atoms with E-state index in [1.165, 1.54) is 11.8 Å². The number of thioether (sulfide) groups is 1. The fraction of sp³-hybridized carbons (Fsp3) is 0.0714. The zero-order valence-electron chi connectivity index (χ0n) is 10.6. The molecule has 6 heteroatoms. The number of benzene rings is 1. The molecule has 0 fully saturated rings. The fourth-order valence-corrected chi connectivity index (χ4v) is 3.16. The van der Waals surface area contributed by atoms with E-state index >= 15 is 0 Å². The fourth-order valence-electron chi connectivity index (χ4n) is 1.83. The molecule has 3 rings (SSSR count). The van der Waals surface area contributed by atoms with E-state index in [2.05, 4.69) is 15.0 Å². The number of halogens is 1. The van der Waals surface area contributed by atoms with E-state index in [1.54, 1.807) is 17.5 Å². The SMILES string of the molecule is CSc1nccc(-c2scnc2-c2cccc(Cl)c2)n1. The van der Waals surface area contributed by atoms with Gasteiger partial charge < -0.3 is 0 Å². The third kappa shape index (κ3) is 2.70. The summed E-state index contributed by atoms with van der Waals surface area (Å²) >= 11 is 9.15. The molecule has 0 atom stereocenters. The van der Waals surface area contributed by atoms with Crippen molar-refractivity contribution < 1.29 is 0 Å². The van der Waals surface area contributed by atoms with Gasteiger partial charge in [0, 0.05) is 16.8 Å². The molecule has 0 aliphatic rings. The van der Waals surface area contributed by atoms with Gasteiger partial charge in [-0.2, -0.15) is 0 Å². The third-order valence-corrected chi connectivity index (χ3v) is 4.36. The van der Waals surface area contributed by atoms with Crippen LogP contribution in [-0.2, 0) is 0 Å². The second-order valence-electron chi connectivity index (χ2n) is 3.97. The lowest BCUT2D eigenvalue weighted by molar-refractivity contribution is 0.978. The van der Waals surface area contributed by atoms with Crippen LogP contribution in [0.1, 0.15) is 0 Å². The Balaban J connectivity index is 2.10. The first kappa shape index (κ1) is 13.5. The average Bonchev–Trinajstić information content (AvgIpc) is 2.97. The summed E-state index contributed by atoms with van der Waals surface area (Å²) in [4.78, 5) is 14.2. The maximum atomic E-state index is 6.05. The molecule has 0 saturated heterocycles. The Kier molecular flexibility index (Phi) is 4.00. The van der Waals surface area contributed by atoms with Crippen molar-refractivity contribution in [1.82, 2.24) is 15.0 Å². The number of rotatable bonds is 3. The highest BCUT2D eigenvalue weighted by Gasteiger charge is 2.13. The van der Waals surface area contributed by atoms with Gasteiger partial charge in [-0.15, -0.1) is 11.3 Å². The molecule has 0 unspecified atom stereocenters. The van der Waals surface area contributed by atoms with Crippen LogP contribution in [-0.4, -0.2) is 21.2 Å². The number of thiazole rings is 1. The molecule has 20 heavy (non-hydrogen) atoms. The third-order valence-electron chi connectivity index (χ3n) is 2.71. The topological polar surface area (TPSA) is 38.7 Å². The molecule has 2 heterocycles. The molecule has 3 nitrogen and oxygen atoms in total. The van der Waals surface area contributed by atoms with Crippen LogP contribution in [0.2, 0.25) is 5.02 Å². The van der Waals surface area contributed by atoms with Gasteiger partial charge in [0.15, 0.2) is 5.16 Å². The van der Waals surface area contributed by atoms with Crippen LogP contribution in [0.5, 0.6) is 0 Å². The molecule has 0 spiro atoms. The summed E-state index contributed by atoms with van der Waals surface area (Å²) in [5, 5.41) is 1.46. The first-order valence-corrected chi connectivity index (χ1v) is 8.33. The molecule has 0 saturated carbocycles. The van der Waals surface area contributed by atoms with E-state index in [9.17, 15) is 0 Å². The molecule has 0 aliphatic heterocycles. The van der Waals surface area contributed by atoms with Crippen LogP contribution < -0.4 is 0 Å². The Morgan fingerprint density at radius 1 is 1.20 bits per heavy atom. The van der Waals surface area contributed by atoms with Gasteiger partial charge in [-0.3, -0.25) is 0 Å². The number of nitrogens with zero attached hydrogens (tertiary/aromatic N) is 3. The Labute approximate surface area is 130 Å². The van der Waals surface area contributed by atoms with Crippen molar-refractivity contribution in [2.45, 2.75) is 5.16 Å². The van der Waals surface area contributed by atoms with Gasteiger partial charge in [0.25, 0.3) is 0 Å². The zero-order valence-corrected chi connectivity index (χ0v) is 13.0. The molecular formula is C14H10ClN3S2. The van der Waals surface area contributed by atoms with Crippen LogP contribution in [0.3, 0.4) is 0 Å². The molecule has 1 aromatic carbocycles. The minimum Gasteiger partial charge on any atom is -0.244 e. The van der Waals surface area contributed by atoms with E-state index in [0.29, 0.717) is 5.02 Å². The van der Waals surface area contributed by atoms with Crippen molar-refractivity contribution >= 4 is 34.7 Å². The van der Waals surface area contributed by atoms with Crippen molar-refractivity contribution in [2.75, 3.05) is 6.26 Å². The van der Waals surface area contributed by atoms with Crippen molar-refractivity contribution in [3.8, 4) is 21.8 Å². The van der Waals surface area contributed by atoms with Gasteiger partial charge in [-0.1, -0.05) is 35.5 Å². The minimum absolute atomic E-state index is 0.703. The predicted molar refractivity (Wildman–Crippen MR) is 85.4 cm³/mol. The summed E-state index contributed by atoms with van der Waals surface area (Å²) in [5.41, 5.74) is 4.62. The first-order valence-electron chi connectivity index (χ1n) is 5.85. The van der Waals surface area contributed by atoms with Crippen LogP contribution in [0.15, 0.2) is 47.2 Å². The maximum Gasteiger partial charge on any atom is 0.187 e. The largest absolute Gasteiger partial charge is 0.244 e. The maximum absolute atomic E-state index is 6.05. The van der Waals surface area contributed by atoms with Crippen molar-refractivity contribution in [3.05, 3.63) is 47.1 Å². The summed E-state index contributed by atoms with van der Waals surface area (Å²) in [7, 11) is 0. The van der Waals surface area contributed by atoms with E-state index < -0.39 is 0 Å². The standard InChI is InChI=1S/C14H10ClN3S2/c1-19-14-16-6-5-11(18-14)13-12(17-8-20-13)9-3-2-4-10(15)7-9/h2-8H,1H3. The number of hydrogen-bond donors (Lipinski definition) is 0. The normalized spacial score (nSPS) is 10.7. The van der Waals surface area contributed by atoms with Crippen LogP contribution in [0, 0.1) is 0 Å². The summed E-state index contributed by atoms with van der Waals surface area (Å²) in [6.07, 6.45) is 3.74. The number of hydrogen-bond acceptors (Lipinski definition) is 5. The van der Waals surface area contributed by atoms with Crippen molar-refractivity contribution in [3.63, 3.8) is 0 Å². The molecule has 0 amide bonds. The van der Waals surface area contributed by atoms with Gasteiger partial charge in [0.2, 0.25) is 0 Å². The molecule has 2 aromatic heterocycles. The molecule has 0 N–H and O–H groups in total. The molecule has 3 aromatic rings. The van der Waals surface area contributed by atoms with Gasteiger partial charge in [0.05, 0.1) is 21.8 Å². The second-order valence-corrected chi connectivity index (χ2v) is 6.03. The summed E-state index contributed by atoms with van der Waals surface area (Å²) in [5.74, 6) is 0. The minimum atomic E-state index is 0.703. The molecule has 100 valence electrons. The summed E-state index contributed by atoms with van der Waals surface area (Å²) < 4.78 is 0. The highest BCUT2D eigenvalue weighted by Crippen LogP contribution is 2.34. The Bertz CT molecular complexity index is 743. The van der Waals surface area contributed by atoms with Gasteiger partial charge in [-0.25, -0.2) is 15.0 Å². The average molecular weight is 320 g/mol. The van der Waals surface area contributed by atoms with Gasteiger partial charge in [-0.05, 0) is 24.5 Å². The smallest absolute Gasteiger partial charge is 0.187 e.